The first kappa shape index (κ1) is 14.5. The van der Waals surface area contributed by atoms with Crippen LogP contribution in [0.15, 0.2) is 12.1 Å². The lowest BCUT2D eigenvalue weighted by molar-refractivity contribution is -0.124. The normalized spacial score (nSPS) is 21.8. The molecule has 1 aliphatic carbocycles. The van der Waals surface area contributed by atoms with Gasteiger partial charge in [-0.15, -0.1) is 5.92 Å². The Labute approximate surface area is 120 Å². The molecule has 0 spiro atoms. The minimum absolute atomic E-state index is 0.0716. The van der Waals surface area contributed by atoms with Crippen molar-refractivity contribution in [2.75, 3.05) is 0 Å². The van der Waals surface area contributed by atoms with E-state index in [1.54, 1.807) is 6.92 Å². The van der Waals surface area contributed by atoms with Crippen molar-refractivity contribution in [2.45, 2.75) is 46.5 Å². The van der Waals surface area contributed by atoms with Gasteiger partial charge in [0.05, 0.1) is 0 Å². The van der Waals surface area contributed by atoms with E-state index in [4.69, 9.17) is 0 Å². The third kappa shape index (κ3) is 2.41. The number of Topliss-reactive ketones (excluding diaryl/α,β-unsaturated/α-hetero) is 2. The van der Waals surface area contributed by atoms with Crippen LogP contribution >= 0.6 is 0 Å². The Morgan fingerprint density at radius 1 is 1.20 bits per heavy atom. The van der Waals surface area contributed by atoms with E-state index in [0.717, 1.165) is 28.7 Å². The Morgan fingerprint density at radius 3 is 2.25 bits per heavy atom. The van der Waals surface area contributed by atoms with E-state index >= 15 is 0 Å². The van der Waals surface area contributed by atoms with Crippen LogP contribution in [0.3, 0.4) is 0 Å². The van der Waals surface area contributed by atoms with E-state index in [1.807, 2.05) is 32.9 Å². The molecule has 2 nitrogen and oxygen atoms in total. The van der Waals surface area contributed by atoms with Gasteiger partial charge in [-0.3, -0.25) is 9.59 Å². The molecule has 0 amide bonds. The highest BCUT2D eigenvalue weighted by Gasteiger charge is 2.42. The van der Waals surface area contributed by atoms with Crippen LogP contribution in [0, 0.1) is 31.6 Å². The summed E-state index contributed by atoms with van der Waals surface area (Å²) in [5, 5.41) is 0. The molecule has 0 bridgehead atoms. The summed E-state index contributed by atoms with van der Waals surface area (Å²) in [6.07, 6.45) is 1.15. The smallest absolute Gasteiger partial charge is 0.151 e. The standard InChI is InChI=1S/C18H20O2/c1-5-7-13-8-11(3)16(12(4)9-13)17-15(19)10-14(6-2)18(17)20/h8-9,14,17H,6,10H2,1-4H3. The lowest BCUT2D eigenvalue weighted by Crippen LogP contribution is -2.17. The zero-order valence-electron chi connectivity index (χ0n) is 12.5. The molecule has 0 aliphatic heterocycles. The van der Waals surface area contributed by atoms with E-state index in [9.17, 15) is 9.59 Å². The molecular formula is C18H20O2. The molecule has 1 saturated carbocycles. The largest absolute Gasteiger partial charge is 0.298 e. The van der Waals surface area contributed by atoms with Crippen LogP contribution in [0.5, 0.6) is 0 Å². The number of carbonyl (C=O) groups excluding carboxylic acids is 2. The van der Waals surface area contributed by atoms with Crippen LogP contribution in [0.2, 0.25) is 0 Å². The third-order valence-corrected chi connectivity index (χ3v) is 4.10. The fourth-order valence-corrected chi connectivity index (χ4v) is 3.15. The lowest BCUT2D eigenvalue weighted by atomic mass is 9.86. The SMILES string of the molecule is CC#Cc1cc(C)c(C2C(=O)CC(CC)C2=O)c(C)c1. The second-order valence-corrected chi connectivity index (χ2v) is 5.51. The van der Waals surface area contributed by atoms with Crippen LogP contribution < -0.4 is 0 Å². The van der Waals surface area contributed by atoms with Gasteiger partial charge in [-0.1, -0.05) is 12.8 Å². The van der Waals surface area contributed by atoms with Crippen molar-refractivity contribution in [1.29, 1.82) is 0 Å². The molecular weight excluding hydrogens is 248 g/mol. The van der Waals surface area contributed by atoms with Gasteiger partial charge in [0.25, 0.3) is 0 Å². The number of benzene rings is 1. The van der Waals surface area contributed by atoms with Gasteiger partial charge in [0, 0.05) is 17.9 Å². The van der Waals surface area contributed by atoms with E-state index in [1.165, 1.54) is 0 Å². The predicted octanol–water partition coefficient (Wildman–Crippen LogP) is 3.33. The third-order valence-electron chi connectivity index (χ3n) is 4.10. The maximum Gasteiger partial charge on any atom is 0.151 e. The topological polar surface area (TPSA) is 34.1 Å². The van der Waals surface area contributed by atoms with Crippen molar-refractivity contribution in [2.24, 2.45) is 5.92 Å². The summed E-state index contributed by atoms with van der Waals surface area (Å²) in [5.74, 6) is 5.43. The first-order valence-electron chi connectivity index (χ1n) is 7.09. The van der Waals surface area contributed by atoms with Crippen molar-refractivity contribution >= 4 is 11.6 Å². The van der Waals surface area contributed by atoms with Crippen LogP contribution in [-0.2, 0) is 9.59 Å². The molecule has 1 aromatic carbocycles. The molecule has 2 rings (SSSR count). The van der Waals surface area contributed by atoms with Gasteiger partial charge in [0.2, 0.25) is 0 Å². The molecule has 0 saturated heterocycles. The predicted molar refractivity (Wildman–Crippen MR) is 79.6 cm³/mol. The molecule has 2 heteroatoms. The average molecular weight is 268 g/mol. The molecule has 2 atom stereocenters. The fourth-order valence-electron chi connectivity index (χ4n) is 3.15. The molecule has 0 radical (unpaired) electrons. The molecule has 104 valence electrons. The second kappa shape index (κ2) is 5.63. The van der Waals surface area contributed by atoms with Crippen LogP contribution in [0.25, 0.3) is 0 Å². The van der Waals surface area contributed by atoms with E-state index in [2.05, 4.69) is 11.8 Å². The molecule has 0 aromatic heterocycles. The molecule has 2 unspecified atom stereocenters. The van der Waals surface area contributed by atoms with Gasteiger partial charge in [-0.25, -0.2) is 0 Å². The molecule has 1 aromatic rings. The maximum atomic E-state index is 12.4. The van der Waals surface area contributed by atoms with Crippen molar-refractivity contribution in [3.63, 3.8) is 0 Å². The van der Waals surface area contributed by atoms with Crippen molar-refractivity contribution in [3.8, 4) is 11.8 Å². The summed E-state index contributed by atoms with van der Waals surface area (Å²) in [6.45, 7) is 7.69. The van der Waals surface area contributed by atoms with Gasteiger partial charge in [0.1, 0.15) is 11.7 Å². The van der Waals surface area contributed by atoms with Gasteiger partial charge in [-0.2, -0.15) is 0 Å². The number of hydrogen-bond donors (Lipinski definition) is 0. The van der Waals surface area contributed by atoms with E-state index in [0.29, 0.717) is 6.42 Å². The van der Waals surface area contributed by atoms with Crippen LogP contribution in [0.4, 0.5) is 0 Å². The molecule has 20 heavy (non-hydrogen) atoms. The Balaban J connectivity index is 2.50. The summed E-state index contributed by atoms with van der Waals surface area (Å²) in [6, 6.07) is 3.94. The van der Waals surface area contributed by atoms with E-state index in [-0.39, 0.29) is 17.5 Å². The highest BCUT2D eigenvalue weighted by molar-refractivity contribution is 6.14. The van der Waals surface area contributed by atoms with Crippen molar-refractivity contribution < 1.29 is 9.59 Å². The average Bonchev–Trinajstić information content (AvgIpc) is 2.66. The number of aryl methyl sites for hydroxylation is 2. The summed E-state index contributed by atoms with van der Waals surface area (Å²) in [7, 11) is 0. The van der Waals surface area contributed by atoms with Crippen LogP contribution in [0.1, 0.15) is 54.9 Å². The number of hydrogen-bond acceptors (Lipinski definition) is 2. The Morgan fingerprint density at radius 2 is 1.80 bits per heavy atom. The second-order valence-electron chi connectivity index (χ2n) is 5.51. The molecule has 0 heterocycles. The zero-order chi connectivity index (χ0) is 14.9. The quantitative estimate of drug-likeness (QED) is 0.609. The monoisotopic (exact) mass is 268 g/mol. The Hall–Kier alpha value is -1.88. The van der Waals surface area contributed by atoms with Gasteiger partial charge in [0.15, 0.2) is 5.78 Å². The zero-order valence-corrected chi connectivity index (χ0v) is 12.5. The summed E-state index contributed by atoms with van der Waals surface area (Å²) in [5.41, 5.74) is 3.83. The summed E-state index contributed by atoms with van der Waals surface area (Å²) >= 11 is 0. The number of ketones is 2. The van der Waals surface area contributed by atoms with Crippen molar-refractivity contribution in [1.82, 2.24) is 0 Å². The maximum absolute atomic E-state index is 12.4. The van der Waals surface area contributed by atoms with Crippen molar-refractivity contribution in [3.05, 3.63) is 34.4 Å². The Kier molecular flexibility index (Phi) is 4.09. The van der Waals surface area contributed by atoms with Gasteiger partial charge < -0.3 is 0 Å². The molecule has 1 fully saturated rings. The summed E-state index contributed by atoms with van der Waals surface area (Å²) < 4.78 is 0. The number of carbonyl (C=O) groups is 2. The molecule has 1 aliphatic rings. The summed E-state index contributed by atoms with van der Waals surface area (Å²) in [4.78, 5) is 24.6. The minimum atomic E-state index is -0.552. The van der Waals surface area contributed by atoms with Gasteiger partial charge in [-0.05, 0) is 56.0 Å². The number of rotatable bonds is 2. The lowest BCUT2D eigenvalue weighted by Gasteiger charge is -2.16. The first-order valence-corrected chi connectivity index (χ1v) is 7.09. The molecule has 0 N–H and O–H groups in total. The Bertz CT molecular complexity index is 606. The van der Waals surface area contributed by atoms with Crippen LogP contribution in [-0.4, -0.2) is 11.6 Å². The first-order chi connectivity index (χ1) is 9.49. The van der Waals surface area contributed by atoms with Gasteiger partial charge >= 0.3 is 0 Å². The highest BCUT2D eigenvalue weighted by atomic mass is 16.2. The minimum Gasteiger partial charge on any atom is -0.298 e. The highest BCUT2D eigenvalue weighted by Crippen LogP contribution is 2.37. The fraction of sp³-hybridized carbons (Fsp3) is 0.444. The van der Waals surface area contributed by atoms with E-state index < -0.39 is 5.92 Å².